The Hall–Kier alpha value is -2.70. The third-order valence-corrected chi connectivity index (χ3v) is 6.92. The van der Waals surface area contributed by atoms with Gasteiger partial charge in [0.15, 0.2) is 21.8 Å². The number of imidazole rings is 1. The molecule has 0 spiro atoms. The van der Waals surface area contributed by atoms with E-state index in [9.17, 15) is 9.59 Å². The first-order chi connectivity index (χ1) is 16.3. The minimum Gasteiger partial charge on any atom is -0.461 e. The number of oxime groups is 1. The SMILES string of the molecule is CCOC(=O)c1nc(N2CCC(NC(=O)c3nc(Cl)c(CC)[nH]3)C(OC)C2)sc1/C(C)=N/OC. The number of nitrogens with one attached hydrogen (secondary N) is 2. The van der Waals surface area contributed by atoms with Gasteiger partial charge in [-0.3, -0.25) is 4.79 Å². The molecule has 2 unspecified atom stereocenters. The van der Waals surface area contributed by atoms with Gasteiger partial charge in [0.05, 0.1) is 35.0 Å². The summed E-state index contributed by atoms with van der Waals surface area (Å²) in [4.78, 5) is 44.3. The Balaban J connectivity index is 1.76. The maximum absolute atomic E-state index is 12.7. The summed E-state index contributed by atoms with van der Waals surface area (Å²) in [6.07, 6.45) is 0.950. The summed E-state index contributed by atoms with van der Waals surface area (Å²) in [5.74, 6) is -0.676. The van der Waals surface area contributed by atoms with E-state index in [1.165, 1.54) is 18.4 Å². The minimum absolute atomic E-state index is 0.177. The fraction of sp³-hybridized carbons (Fsp3) is 0.571. The quantitative estimate of drug-likeness (QED) is 0.298. The average Bonchev–Trinajstić information content (AvgIpc) is 3.43. The Morgan fingerprint density at radius 3 is 2.71 bits per heavy atom. The molecule has 2 aromatic heterocycles. The van der Waals surface area contributed by atoms with Crippen LogP contribution < -0.4 is 10.2 Å². The lowest BCUT2D eigenvalue weighted by atomic mass is 10.0. The molecule has 2 N–H and O–H groups in total. The lowest BCUT2D eigenvalue weighted by Crippen LogP contribution is -2.55. The van der Waals surface area contributed by atoms with Crippen LogP contribution in [0.5, 0.6) is 0 Å². The van der Waals surface area contributed by atoms with E-state index in [0.717, 1.165) is 0 Å². The molecule has 2 atom stereocenters. The van der Waals surface area contributed by atoms with Crippen LogP contribution in [-0.4, -0.2) is 78.6 Å². The summed E-state index contributed by atoms with van der Waals surface area (Å²) in [6.45, 7) is 6.72. The number of thiazole rings is 1. The fourth-order valence-electron chi connectivity index (χ4n) is 3.67. The summed E-state index contributed by atoms with van der Waals surface area (Å²) >= 11 is 7.40. The summed E-state index contributed by atoms with van der Waals surface area (Å²) < 4.78 is 10.8. The van der Waals surface area contributed by atoms with Crippen molar-refractivity contribution >= 4 is 45.7 Å². The zero-order chi connectivity index (χ0) is 24.8. The van der Waals surface area contributed by atoms with Crippen LogP contribution >= 0.6 is 22.9 Å². The number of rotatable bonds is 9. The zero-order valence-electron chi connectivity index (χ0n) is 19.8. The third kappa shape index (κ3) is 5.68. The van der Waals surface area contributed by atoms with Gasteiger partial charge >= 0.3 is 5.97 Å². The van der Waals surface area contributed by atoms with Crippen LogP contribution in [0, 0.1) is 0 Å². The number of esters is 1. The van der Waals surface area contributed by atoms with Gasteiger partial charge in [0.2, 0.25) is 0 Å². The number of amides is 1. The highest BCUT2D eigenvalue weighted by molar-refractivity contribution is 7.17. The van der Waals surface area contributed by atoms with Crippen LogP contribution in [0.25, 0.3) is 0 Å². The molecule has 1 aliphatic heterocycles. The molecule has 0 saturated carbocycles. The molecule has 0 aromatic carbocycles. The van der Waals surface area contributed by atoms with Gasteiger partial charge in [-0.05, 0) is 26.7 Å². The topological polar surface area (TPSA) is 131 Å². The van der Waals surface area contributed by atoms with Gasteiger partial charge in [0.25, 0.3) is 5.91 Å². The number of carbonyl (C=O) groups excluding carboxylic acids is 2. The minimum atomic E-state index is -0.514. The number of H-pyrrole nitrogens is 1. The predicted molar refractivity (Wildman–Crippen MR) is 129 cm³/mol. The Morgan fingerprint density at radius 2 is 2.09 bits per heavy atom. The average molecular weight is 513 g/mol. The Labute approximate surface area is 206 Å². The van der Waals surface area contributed by atoms with Crippen LogP contribution in [0.4, 0.5) is 5.13 Å². The van der Waals surface area contributed by atoms with E-state index in [-0.39, 0.29) is 36.2 Å². The number of methoxy groups -OCH3 is 1. The van der Waals surface area contributed by atoms with Crippen molar-refractivity contribution in [2.24, 2.45) is 5.16 Å². The number of hydrogen-bond acceptors (Lipinski definition) is 10. The van der Waals surface area contributed by atoms with E-state index in [2.05, 4.69) is 25.4 Å². The number of aromatic nitrogens is 3. The first-order valence-corrected chi connectivity index (χ1v) is 12.1. The zero-order valence-corrected chi connectivity index (χ0v) is 21.4. The molecule has 34 heavy (non-hydrogen) atoms. The molecule has 1 fully saturated rings. The predicted octanol–water partition coefficient (Wildman–Crippen LogP) is 2.65. The van der Waals surface area contributed by atoms with Crippen molar-refractivity contribution in [2.75, 3.05) is 38.8 Å². The summed E-state index contributed by atoms with van der Waals surface area (Å²) in [5, 5.41) is 7.88. The van der Waals surface area contributed by atoms with E-state index in [1.54, 1.807) is 21.0 Å². The normalized spacial score (nSPS) is 18.6. The van der Waals surface area contributed by atoms with Crippen molar-refractivity contribution in [3.8, 4) is 0 Å². The number of carbonyl (C=O) groups is 2. The number of aryl methyl sites for hydroxylation is 1. The summed E-state index contributed by atoms with van der Waals surface area (Å²) in [7, 11) is 3.04. The van der Waals surface area contributed by atoms with Gasteiger partial charge in [-0.2, -0.15) is 0 Å². The molecule has 0 radical (unpaired) electrons. The highest BCUT2D eigenvalue weighted by atomic mass is 35.5. The van der Waals surface area contributed by atoms with Crippen LogP contribution in [-0.2, 0) is 20.7 Å². The molecule has 0 aliphatic carbocycles. The number of nitrogens with zero attached hydrogens (tertiary/aromatic N) is 4. The Morgan fingerprint density at radius 1 is 1.32 bits per heavy atom. The number of piperidine rings is 1. The van der Waals surface area contributed by atoms with Crippen molar-refractivity contribution < 1.29 is 23.9 Å². The second-order valence-electron chi connectivity index (χ2n) is 7.55. The van der Waals surface area contributed by atoms with E-state index in [4.69, 9.17) is 25.9 Å². The van der Waals surface area contributed by atoms with E-state index in [1.807, 2.05) is 11.8 Å². The Bertz CT molecular complexity index is 1050. The lowest BCUT2D eigenvalue weighted by molar-refractivity contribution is 0.0516. The van der Waals surface area contributed by atoms with Crippen molar-refractivity contribution in [1.82, 2.24) is 20.3 Å². The summed E-state index contributed by atoms with van der Waals surface area (Å²) in [5.41, 5.74) is 1.45. The smallest absolute Gasteiger partial charge is 0.358 e. The summed E-state index contributed by atoms with van der Waals surface area (Å²) in [6, 6.07) is -0.233. The lowest BCUT2D eigenvalue weighted by Gasteiger charge is -2.37. The fourth-order valence-corrected chi connectivity index (χ4v) is 4.96. The van der Waals surface area contributed by atoms with Gasteiger partial charge in [-0.25, -0.2) is 14.8 Å². The first kappa shape index (κ1) is 25.9. The molecular weight excluding hydrogens is 484 g/mol. The van der Waals surface area contributed by atoms with E-state index < -0.39 is 5.97 Å². The second kappa shape index (κ2) is 11.6. The molecule has 2 aromatic rings. The molecule has 1 saturated heterocycles. The molecule has 1 aliphatic rings. The van der Waals surface area contributed by atoms with Crippen molar-refractivity contribution in [3.63, 3.8) is 0 Å². The van der Waals surface area contributed by atoms with Gasteiger partial charge in [-0.1, -0.05) is 35.0 Å². The first-order valence-electron chi connectivity index (χ1n) is 10.9. The van der Waals surface area contributed by atoms with Crippen LogP contribution in [0.15, 0.2) is 5.16 Å². The molecule has 3 rings (SSSR count). The van der Waals surface area contributed by atoms with Crippen molar-refractivity contribution in [3.05, 3.63) is 27.2 Å². The van der Waals surface area contributed by atoms with Crippen LogP contribution in [0.2, 0.25) is 5.15 Å². The number of hydrogen-bond donors (Lipinski definition) is 2. The highest BCUT2D eigenvalue weighted by Crippen LogP contribution is 2.30. The molecule has 0 bridgehead atoms. The van der Waals surface area contributed by atoms with Gasteiger partial charge in [0, 0.05) is 20.2 Å². The largest absolute Gasteiger partial charge is 0.461 e. The number of halogens is 1. The highest BCUT2D eigenvalue weighted by Gasteiger charge is 2.34. The molecule has 11 nitrogen and oxygen atoms in total. The Kier molecular flexibility index (Phi) is 8.86. The number of aromatic amines is 1. The molecule has 186 valence electrons. The molecule has 13 heteroatoms. The molecule has 3 heterocycles. The maximum Gasteiger partial charge on any atom is 0.358 e. The number of ether oxygens (including phenoxy) is 2. The van der Waals surface area contributed by atoms with E-state index >= 15 is 0 Å². The monoisotopic (exact) mass is 512 g/mol. The standard InChI is InChI=1S/C21H29ClN6O5S/c1-6-12-17(22)26-18(23-12)19(29)24-13-8-9-28(10-14(13)31-4)21-25-15(20(30)33-7-2)16(34-21)11(3)27-32-5/h13-14H,6-10H2,1-5H3,(H,23,26)(H,24,29)/b27-11+. The van der Waals surface area contributed by atoms with Crippen molar-refractivity contribution in [2.45, 2.75) is 45.8 Å². The third-order valence-electron chi connectivity index (χ3n) is 5.39. The number of anilines is 1. The molecular formula is C21H29ClN6O5S. The molecule has 1 amide bonds. The van der Waals surface area contributed by atoms with Gasteiger partial charge in [0.1, 0.15) is 7.11 Å². The maximum atomic E-state index is 12.7. The van der Waals surface area contributed by atoms with Crippen LogP contribution in [0.1, 0.15) is 58.9 Å². The van der Waals surface area contributed by atoms with Gasteiger partial charge in [-0.15, -0.1) is 0 Å². The van der Waals surface area contributed by atoms with Crippen LogP contribution in [0.3, 0.4) is 0 Å². The van der Waals surface area contributed by atoms with Gasteiger partial charge < -0.3 is 29.5 Å². The van der Waals surface area contributed by atoms with E-state index in [0.29, 0.717) is 52.5 Å². The van der Waals surface area contributed by atoms with Crippen molar-refractivity contribution in [1.29, 1.82) is 0 Å². The second-order valence-corrected chi connectivity index (χ2v) is 8.89.